The molecule has 3 aromatic rings. The first kappa shape index (κ1) is 16.9. The molecule has 1 aliphatic rings. The highest BCUT2D eigenvalue weighted by molar-refractivity contribution is 8.00. The summed E-state index contributed by atoms with van der Waals surface area (Å²) in [6.45, 7) is 4.18. The zero-order chi connectivity index (χ0) is 18.1. The fourth-order valence-corrected chi connectivity index (χ4v) is 3.45. The third-order valence-corrected chi connectivity index (χ3v) is 5.19. The summed E-state index contributed by atoms with van der Waals surface area (Å²) >= 11 is 1.37. The number of furan rings is 1. The average Bonchev–Trinajstić information content (AvgIpc) is 2.99. The lowest BCUT2D eigenvalue weighted by atomic mass is 10.3. The summed E-state index contributed by atoms with van der Waals surface area (Å²) in [5, 5.41) is 15.5. The van der Waals surface area contributed by atoms with Gasteiger partial charge in [0.1, 0.15) is 11.6 Å². The lowest BCUT2D eigenvalue weighted by Gasteiger charge is -2.12. The van der Waals surface area contributed by atoms with Crippen molar-refractivity contribution in [2.75, 3.05) is 5.32 Å². The smallest absolute Gasteiger partial charge is 0.240 e. The van der Waals surface area contributed by atoms with Gasteiger partial charge in [0.05, 0.1) is 23.8 Å². The van der Waals surface area contributed by atoms with Gasteiger partial charge in [-0.1, -0.05) is 16.9 Å². The van der Waals surface area contributed by atoms with Crippen LogP contribution in [-0.4, -0.2) is 31.1 Å². The van der Waals surface area contributed by atoms with E-state index in [0.29, 0.717) is 29.2 Å². The SMILES string of the molecule is Cc1cc(NC(=O)C(C)Sc2nnc(C3CC3)n2Cc2ccco2)on1. The summed E-state index contributed by atoms with van der Waals surface area (Å²) < 4.78 is 12.5. The van der Waals surface area contributed by atoms with Crippen molar-refractivity contribution < 1.29 is 13.7 Å². The topological polar surface area (TPSA) is 99.0 Å². The molecule has 1 N–H and O–H groups in total. The number of anilines is 1. The monoisotopic (exact) mass is 373 g/mol. The zero-order valence-electron chi connectivity index (χ0n) is 14.5. The van der Waals surface area contributed by atoms with Crippen molar-refractivity contribution in [3.8, 4) is 0 Å². The van der Waals surface area contributed by atoms with Crippen molar-refractivity contribution in [2.24, 2.45) is 0 Å². The standard InChI is InChI=1S/C17H19N5O3S/c1-10-8-14(25-21-10)18-16(23)11(2)26-17-20-19-15(12-5-6-12)22(17)9-13-4-3-7-24-13/h3-4,7-8,11-12H,5-6,9H2,1-2H3,(H,18,23). The van der Waals surface area contributed by atoms with E-state index in [1.54, 1.807) is 19.3 Å². The second-order valence-corrected chi connectivity index (χ2v) is 7.67. The van der Waals surface area contributed by atoms with Crippen molar-refractivity contribution in [3.05, 3.63) is 41.7 Å². The van der Waals surface area contributed by atoms with Gasteiger partial charge < -0.3 is 8.94 Å². The molecule has 1 saturated carbocycles. The average molecular weight is 373 g/mol. The second kappa shape index (κ2) is 6.99. The van der Waals surface area contributed by atoms with Crippen molar-refractivity contribution in [1.29, 1.82) is 0 Å². The minimum atomic E-state index is -0.369. The predicted octanol–water partition coefficient (Wildman–Crippen LogP) is 3.21. The normalized spacial score (nSPS) is 15.2. The molecule has 0 saturated heterocycles. The number of thioether (sulfide) groups is 1. The summed E-state index contributed by atoms with van der Waals surface area (Å²) in [7, 11) is 0. The van der Waals surface area contributed by atoms with Gasteiger partial charge >= 0.3 is 0 Å². The molecule has 0 spiro atoms. The Morgan fingerprint density at radius 1 is 1.46 bits per heavy atom. The van der Waals surface area contributed by atoms with Crippen LogP contribution in [0, 0.1) is 6.92 Å². The molecule has 1 fully saturated rings. The number of aryl methyl sites for hydroxylation is 1. The largest absolute Gasteiger partial charge is 0.467 e. The minimum absolute atomic E-state index is 0.174. The number of carbonyl (C=O) groups excluding carboxylic acids is 1. The van der Waals surface area contributed by atoms with Crippen LogP contribution in [0.5, 0.6) is 0 Å². The number of carbonyl (C=O) groups is 1. The first-order chi connectivity index (χ1) is 12.6. The maximum Gasteiger partial charge on any atom is 0.240 e. The van der Waals surface area contributed by atoms with E-state index in [-0.39, 0.29) is 11.2 Å². The lowest BCUT2D eigenvalue weighted by Crippen LogP contribution is -2.22. The third kappa shape index (κ3) is 3.67. The molecule has 4 rings (SSSR count). The summed E-state index contributed by atoms with van der Waals surface area (Å²) in [6, 6.07) is 5.46. The van der Waals surface area contributed by atoms with Gasteiger partial charge in [0.25, 0.3) is 0 Å². The van der Waals surface area contributed by atoms with Gasteiger partial charge in [0.2, 0.25) is 11.8 Å². The Morgan fingerprint density at radius 2 is 2.31 bits per heavy atom. The number of hydrogen-bond donors (Lipinski definition) is 1. The molecule has 0 aromatic carbocycles. The van der Waals surface area contributed by atoms with Gasteiger partial charge in [0.15, 0.2) is 5.16 Å². The molecular weight excluding hydrogens is 354 g/mol. The number of hydrogen-bond acceptors (Lipinski definition) is 7. The van der Waals surface area contributed by atoms with Gasteiger partial charge in [-0.3, -0.25) is 14.7 Å². The molecule has 9 heteroatoms. The van der Waals surface area contributed by atoms with E-state index in [4.69, 9.17) is 8.94 Å². The van der Waals surface area contributed by atoms with E-state index >= 15 is 0 Å². The molecular formula is C17H19N5O3S. The Balaban J connectivity index is 1.49. The highest BCUT2D eigenvalue weighted by atomic mass is 32.2. The minimum Gasteiger partial charge on any atom is -0.467 e. The molecule has 3 aromatic heterocycles. The summed E-state index contributed by atoms with van der Waals surface area (Å²) in [5.74, 6) is 2.42. The molecule has 26 heavy (non-hydrogen) atoms. The van der Waals surface area contributed by atoms with Crippen LogP contribution in [0.2, 0.25) is 0 Å². The Hall–Kier alpha value is -2.55. The Morgan fingerprint density at radius 3 is 2.96 bits per heavy atom. The maximum atomic E-state index is 12.4. The number of rotatable bonds is 7. The number of nitrogens with zero attached hydrogens (tertiary/aromatic N) is 4. The zero-order valence-corrected chi connectivity index (χ0v) is 15.3. The quantitative estimate of drug-likeness (QED) is 0.635. The molecule has 0 radical (unpaired) electrons. The molecule has 1 amide bonds. The van der Waals surface area contributed by atoms with Crippen LogP contribution in [0.25, 0.3) is 0 Å². The number of aromatic nitrogens is 4. The van der Waals surface area contributed by atoms with Crippen LogP contribution >= 0.6 is 11.8 Å². The van der Waals surface area contributed by atoms with E-state index in [1.807, 2.05) is 23.6 Å². The van der Waals surface area contributed by atoms with Crippen molar-refractivity contribution >= 4 is 23.6 Å². The van der Waals surface area contributed by atoms with E-state index < -0.39 is 0 Å². The van der Waals surface area contributed by atoms with Gasteiger partial charge in [-0.2, -0.15) is 0 Å². The first-order valence-electron chi connectivity index (χ1n) is 8.46. The van der Waals surface area contributed by atoms with Crippen LogP contribution in [0.1, 0.15) is 43.0 Å². The Bertz CT molecular complexity index is 898. The van der Waals surface area contributed by atoms with Crippen molar-refractivity contribution in [3.63, 3.8) is 0 Å². The molecule has 1 unspecified atom stereocenters. The molecule has 0 aliphatic heterocycles. The lowest BCUT2D eigenvalue weighted by molar-refractivity contribution is -0.115. The van der Waals surface area contributed by atoms with E-state index in [9.17, 15) is 4.79 Å². The molecule has 3 heterocycles. The third-order valence-electron chi connectivity index (χ3n) is 4.11. The van der Waals surface area contributed by atoms with Crippen LogP contribution in [0.4, 0.5) is 5.88 Å². The summed E-state index contributed by atoms with van der Waals surface area (Å²) in [4.78, 5) is 12.4. The van der Waals surface area contributed by atoms with Crippen LogP contribution in [-0.2, 0) is 11.3 Å². The predicted molar refractivity (Wildman–Crippen MR) is 95.0 cm³/mol. The highest BCUT2D eigenvalue weighted by Gasteiger charge is 2.31. The number of amides is 1. The van der Waals surface area contributed by atoms with Crippen LogP contribution < -0.4 is 5.32 Å². The van der Waals surface area contributed by atoms with Crippen LogP contribution in [0.3, 0.4) is 0 Å². The Kier molecular flexibility index (Phi) is 4.54. The van der Waals surface area contributed by atoms with E-state index in [1.165, 1.54) is 11.8 Å². The molecule has 1 aliphatic carbocycles. The first-order valence-corrected chi connectivity index (χ1v) is 9.34. The Labute approximate surface area is 154 Å². The van der Waals surface area contributed by atoms with Gasteiger partial charge in [-0.05, 0) is 38.8 Å². The van der Waals surface area contributed by atoms with Crippen molar-refractivity contribution in [1.82, 2.24) is 19.9 Å². The molecule has 0 bridgehead atoms. The molecule has 8 nitrogen and oxygen atoms in total. The maximum absolute atomic E-state index is 12.4. The van der Waals surface area contributed by atoms with Crippen LogP contribution in [0.15, 0.2) is 38.6 Å². The van der Waals surface area contributed by atoms with E-state index in [0.717, 1.165) is 24.4 Å². The summed E-state index contributed by atoms with van der Waals surface area (Å²) in [5.41, 5.74) is 0.716. The van der Waals surface area contributed by atoms with Crippen molar-refractivity contribution in [2.45, 2.75) is 49.6 Å². The number of nitrogens with one attached hydrogen (secondary N) is 1. The van der Waals surface area contributed by atoms with Gasteiger partial charge in [0, 0.05) is 12.0 Å². The fraction of sp³-hybridized carbons (Fsp3) is 0.412. The second-order valence-electron chi connectivity index (χ2n) is 6.36. The van der Waals surface area contributed by atoms with Gasteiger partial charge in [-0.15, -0.1) is 10.2 Å². The fourth-order valence-electron chi connectivity index (χ4n) is 2.59. The van der Waals surface area contributed by atoms with Gasteiger partial charge in [-0.25, -0.2) is 0 Å². The summed E-state index contributed by atoms with van der Waals surface area (Å²) in [6.07, 6.45) is 3.91. The van der Waals surface area contributed by atoms with E-state index in [2.05, 4.69) is 20.7 Å². The molecule has 1 atom stereocenters. The molecule has 136 valence electrons. The highest BCUT2D eigenvalue weighted by Crippen LogP contribution is 2.40.